The van der Waals surface area contributed by atoms with Crippen LogP contribution in [0.2, 0.25) is 0 Å². The van der Waals surface area contributed by atoms with Gasteiger partial charge in [-0.1, -0.05) is 43.1 Å². The monoisotopic (exact) mass is 337 g/mol. The van der Waals surface area contributed by atoms with Crippen LogP contribution in [0.1, 0.15) is 33.6 Å². The highest BCUT2D eigenvalue weighted by molar-refractivity contribution is 9.10. The van der Waals surface area contributed by atoms with Crippen molar-refractivity contribution in [1.29, 1.82) is 0 Å². The van der Waals surface area contributed by atoms with Gasteiger partial charge in [0.2, 0.25) is 0 Å². The van der Waals surface area contributed by atoms with Gasteiger partial charge < -0.3 is 5.32 Å². The van der Waals surface area contributed by atoms with Crippen molar-refractivity contribution in [3.8, 4) is 0 Å². The summed E-state index contributed by atoms with van der Waals surface area (Å²) in [6, 6.07) is 7.50. The zero-order valence-electron chi connectivity index (χ0n) is 12.1. The molecule has 0 saturated carbocycles. The highest BCUT2D eigenvalue weighted by atomic mass is 79.9. The minimum absolute atomic E-state index is 0.0865. The second-order valence-corrected chi connectivity index (χ2v) is 6.40. The largest absolute Gasteiger partial charge is 0.361 e. The van der Waals surface area contributed by atoms with Crippen LogP contribution in [0.5, 0.6) is 0 Å². The lowest BCUT2D eigenvalue weighted by Crippen LogP contribution is -2.18. The average Bonchev–Trinajstić information content (AvgIpc) is 2.41. The summed E-state index contributed by atoms with van der Waals surface area (Å²) in [5.41, 5.74) is 0.918. The van der Waals surface area contributed by atoms with E-state index in [1.807, 2.05) is 45.0 Å². The normalized spacial score (nSPS) is 12.1. The van der Waals surface area contributed by atoms with Gasteiger partial charge in [0.15, 0.2) is 12.1 Å². The second-order valence-electron chi connectivity index (χ2n) is 5.49. The molecule has 0 aliphatic rings. The van der Waals surface area contributed by atoms with E-state index < -0.39 is 0 Å². The van der Waals surface area contributed by atoms with E-state index in [4.69, 9.17) is 0 Å². The van der Waals surface area contributed by atoms with Gasteiger partial charge in [-0.2, -0.15) is 0 Å². The van der Waals surface area contributed by atoms with Crippen LogP contribution in [-0.2, 0) is 9.59 Å². The van der Waals surface area contributed by atoms with Gasteiger partial charge in [-0.3, -0.25) is 9.59 Å². The van der Waals surface area contributed by atoms with Crippen molar-refractivity contribution in [1.82, 2.24) is 0 Å². The van der Waals surface area contributed by atoms with Gasteiger partial charge >= 0.3 is 0 Å². The number of ketones is 1. The Balaban J connectivity index is 2.74. The third-order valence-corrected chi connectivity index (χ3v) is 3.81. The lowest BCUT2D eigenvalue weighted by molar-refractivity contribution is -0.119. The van der Waals surface area contributed by atoms with Crippen LogP contribution < -0.4 is 5.32 Å². The molecule has 108 valence electrons. The number of benzene rings is 1. The molecule has 0 saturated heterocycles. The number of hydrogen-bond donors (Lipinski definition) is 1. The fourth-order valence-corrected chi connectivity index (χ4v) is 1.81. The number of carbonyl (C=O) groups excluding carboxylic acids is 2. The molecular formula is C16H20BrNO2. The Morgan fingerprint density at radius 3 is 2.40 bits per heavy atom. The first-order chi connectivity index (χ1) is 9.38. The molecule has 0 unspecified atom stereocenters. The summed E-state index contributed by atoms with van der Waals surface area (Å²) in [4.78, 5) is 23.1. The number of halogens is 1. The van der Waals surface area contributed by atoms with E-state index >= 15 is 0 Å². The maximum absolute atomic E-state index is 12.1. The molecule has 0 bridgehead atoms. The Bertz CT molecular complexity index is 504. The predicted molar refractivity (Wildman–Crippen MR) is 85.6 cm³/mol. The van der Waals surface area contributed by atoms with Crippen LogP contribution in [-0.4, -0.2) is 12.1 Å². The maximum Gasteiger partial charge on any atom is 0.168 e. The fourth-order valence-electron chi connectivity index (χ4n) is 1.55. The van der Waals surface area contributed by atoms with Gasteiger partial charge in [0.1, 0.15) is 0 Å². The van der Waals surface area contributed by atoms with Crippen molar-refractivity contribution in [2.75, 3.05) is 5.32 Å². The molecule has 3 nitrogen and oxygen atoms in total. The van der Waals surface area contributed by atoms with Crippen LogP contribution in [0.15, 0.2) is 40.5 Å². The molecule has 0 amide bonds. The molecule has 1 aromatic carbocycles. The van der Waals surface area contributed by atoms with E-state index in [1.165, 1.54) is 6.20 Å². The van der Waals surface area contributed by atoms with Crippen LogP contribution >= 0.6 is 15.9 Å². The number of carbonyl (C=O) groups is 2. The molecule has 1 aromatic rings. The smallest absolute Gasteiger partial charge is 0.168 e. The SMILES string of the molecule is CCC(C)(C)CC(=O)/C(C=O)=C/Nc1ccc(Br)cc1. The average molecular weight is 338 g/mol. The first kappa shape index (κ1) is 16.6. The van der Waals surface area contributed by atoms with Crippen LogP contribution in [0.3, 0.4) is 0 Å². The van der Waals surface area contributed by atoms with Crippen molar-refractivity contribution in [3.63, 3.8) is 0 Å². The Labute approximate surface area is 128 Å². The van der Waals surface area contributed by atoms with Gasteiger partial charge in [0.05, 0.1) is 5.57 Å². The van der Waals surface area contributed by atoms with Gasteiger partial charge in [-0.15, -0.1) is 0 Å². The number of Topliss-reactive ketones (excluding diaryl/α,β-unsaturated/α-hetero) is 1. The van der Waals surface area contributed by atoms with E-state index in [-0.39, 0.29) is 16.8 Å². The minimum Gasteiger partial charge on any atom is -0.361 e. The number of rotatable bonds is 7. The van der Waals surface area contributed by atoms with Crippen molar-refractivity contribution < 1.29 is 9.59 Å². The summed E-state index contributed by atoms with van der Waals surface area (Å²) in [6.45, 7) is 6.09. The molecule has 0 radical (unpaired) electrons. The Morgan fingerprint density at radius 2 is 1.90 bits per heavy atom. The summed E-state index contributed by atoms with van der Waals surface area (Å²) >= 11 is 3.35. The molecule has 0 fully saturated rings. The molecule has 20 heavy (non-hydrogen) atoms. The first-order valence-electron chi connectivity index (χ1n) is 6.58. The number of anilines is 1. The standard InChI is InChI=1S/C16H20BrNO2/c1-4-16(2,3)9-15(20)12(11-19)10-18-14-7-5-13(17)6-8-14/h5-8,10-11,18H,4,9H2,1-3H3/b12-10+. The number of hydrogen-bond acceptors (Lipinski definition) is 3. The third-order valence-electron chi connectivity index (χ3n) is 3.28. The molecule has 0 aliphatic carbocycles. The molecule has 1 rings (SSSR count). The van der Waals surface area contributed by atoms with Gasteiger partial charge in [-0.05, 0) is 29.7 Å². The summed E-state index contributed by atoms with van der Waals surface area (Å²) in [6.07, 6.45) is 3.35. The van der Waals surface area contributed by atoms with E-state index in [1.54, 1.807) is 0 Å². The lowest BCUT2D eigenvalue weighted by atomic mass is 9.83. The lowest BCUT2D eigenvalue weighted by Gasteiger charge is -2.21. The van der Waals surface area contributed by atoms with Crippen LogP contribution in [0.25, 0.3) is 0 Å². The molecule has 0 spiro atoms. The van der Waals surface area contributed by atoms with Gasteiger partial charge in [-0.25, -0.2) is 0 Å². The van der Waals surface area contributed by atoms with Crippen molar-refractivity contribution in [3.05, 3.63) is 40.5 Å². The van der Waals surface area contributed by atoms with E-state index in [0.717, 1.165) is 16.6 Å². The summed E-state index contributed by atoms with van der Waals surface area (Å²) in [7, 11) is 0. The molecule has 4 heteroatoms. The van der Waals surface area contributed by atoms with Crippen LogP contribution in [0, 0.1) is 5.41 Å². The number of allylic oxidation sites excluding steroid dienone is 1. The van der Waals surface area contributed by atoms with Gasteiger partial charge in [0.25, 0.3) is 0 Å². The Hall–Kier alpha value is -1.42. The van der Waals surface area contributed by atoms with E-state index in [9.17, 15) is 9.59 Å². The molecule has 1 N–H and O–H groups in total. The molecule has 0 heterocycles. The zero-order chi connectivity index (χ0) is 15.2. The fraction of sp³-hybridized carbons (Fsp3) is 0.375. The van der Waals surface area contributed by atoms with Crippen LogP contribution in [0.4, 0.5) is 5.69 Å². The molecule has 0 atom stereocenters. The summed E-state index contributed by atoms with van der Waals surface area (Å²) < 4.78 is 0.975. The van der Waals surface area contributed by atoms with Gasteiger partial charge in [0, 0.05) is 22.8 Å². The molecular weight excluding hydrogens is 318 g/mol. The highest BCUT2D eigenvalue weighted by Gasteiger charge is 2.21. The predicted octanol–water partition coefficient (Wildman–Crippen LogP) is 4.34. The first-order valence-corrected chi connectivity index (χ1v) is 7.38. The summed E-state index contributed by atoms with van der Waals surface area (Å²) in [5, 5.41) is 2.97. The second kappa shape index (κ2) is 7.39. The quantitative estimate of drug-likeness (QED) is 0.348. The topological polar surface area (TPSA) is 46.2 Å². The van der Waals surface area contributed by atoms with Crippen molar-refractivity contribution in [2.24, 2.45) is 5.41 Å². The highest BCUT2D eigenvalue weighted by Crippen LogP contribution is 2.26. The third kappa shape index (κ3) is 5.29. The molecule has 0 aromatic heterocycles. The minimum atomic E-state index is -0.128. The maximum atomic E-state index is 12.1. The zero-order valence-corrected chi connectivity index (χ0v) is 13.7. The summed E-state index contributed by atoms with van der Waals surface area (Å²) in [5.74, 6) is -0.128. The molecule has 0 aliphatic heterocycles. The Morgan fingerprint density at radius 1 is 1.30 bits per heavy atom. The van der Waals surface area contributed by atoms with E-state index in [2.05, 4.69) is 21.2 Å². The number of nitrogens with one attached hydrogen (secondary N) is 1. The Kier molecular flexibility index (Phi) is 6.14. The van der Waals surface area contributed by atoms with Crippen molar-refractivity contribution >= 4 is 33.7 Å². The number of aldehydes is 1. The van der Waals surface area contributed by atoms with E-state index in [0.29, 0.717) is 12.7 Å². The van der Waals surface area contributed by atoms with Crippen molar-refractivity contribution in [2.45, 2.75) is 33.6 Å².